The molecule has 6 heteroatoms. The molecule has 0 amide bonds. The minimum Gasteiger partial charge on any atom is -0.373 e. The number of aromatic amines is 1. The first-order chi connectivity index (χ1) is 13.1. The molecule has 2 aromatic carbocycles. The van der Waals surface area contributed by atoms with E-state index in [1.165, 1.54) is 17.1 Å². The van der Waals surface area contributed by atoms with Crippen LogP contribution in [0.15, 0.2) is 42.5 Å². The fraction of sp³-hybridized carbons (Fsp3) is 0.333. The molecule has 4 rings (SSSR count). The smallest absolute Gasteiger partial charge is 0.159 e. The van der Waals surface area contributed by atoms with Crippen LogP contribution >= 0.6 is 11.6 Å². The number of benzene rings is 2. The highest BCUT2D eigenvalue weighted by molar-refractivity contribution is 6.31. The van der Waals surface area contributed by atoms with Crippen LogP contribution in [0.1, 0.15) is 24.1 Å². The molecular weight excluding hydrogens is 370 g/mol. The second-order valence-electron chi connectivity index (χ2n) is 7.06. The molecule has 0 bridgehead atoms. The third-order valence-electron chi connectivity index (χ3n) is 5.04. The van der Waals surface area contributed by atoms with Crippen molar-refractivity contribution in [3.8, 4) is 0 Å². The number of ether oxygens (including phenoxy) is 1. The van der Waals surface area contributed by atoms with Crippen LogP contribution in [0.4, 0.5) is 8.78 Å². The summed E-state index contributed by atoms with van der Waals surface area (Å²) in [6, 6.07) is 11.9. The zero-order valence-electron chi connectivity index (χ0n) is 14.9. The van der Waals surface area contributed by atoms with Gasteiger partial charge in [0.05, 0.1) is 12.7 Å². The fourth-order valence-corrected chi connectivity index (χ4v) is 3.74. The lowest BCUT2D eigenvalue weighted by Gasteiger charge is -2.31. The van der Waals surface area contributed by atoms with Crippen LogP contribution in [0.2, 0.25) is 5.02 Å². The molecule has 1 saturated heterocycles. The van der Waals surface area contributed by atoms with E-state index >= 15 is 0 Å². The normalized spacial score (nSPS) is 16.3. The van der Waals surface area contributed by atoms with E-state index in [2.05, 4.69) is 16.0 Å². The van der Waals surface area contributed by atoms with Gasteiger partial charge in [-0.2, -0.15) is 0 Å². The minimum atomic E-state index is -0.828. The molecule has 27 heavy (non-hydrogen) atoms. The van der Waals surface area contributed by atoms with E-state index in [0.29, 0.717) is 12.2 Å². The van der Waals surface area contributed by atoms with Crippen molar-refractivity contribution < 1.29 is 13.5 Å². The van der Waals surface area contributed by atoms with Crippen molar-refractivity contribution in [2.24, 2.45) is 0 Å². The summed E-state index contributed by atoms with van der Waals surface area (Å²) < 4.78 is 32.1. The number of hydrogen-bond acceptors (Lipinski definition) is 2. The lowest BCUT2D eigenvalue weighted by molar-refractivity contribution is -0.00422. The number of rotatable bonds is 5. The zero-order chi connectivity index (χ0) is 18.8. The van der Waals surface area contributed by atoms with Crippen LogP contribution in [0.5, 0.6) is 0 Å². The summed E-state index contributed by atoms with van der Waals surface area (Å²) in [5.74, 6) is -1.66. The van der Waals surface area contributed by atoms with Crippen LogP contribution in [-0.2, 0) is 17.9 Å². The van der Waals surface area contributed by atoms with Crippen LogP contribution in [-0.4, -0.2) is 29.1 Å². The lowest BCUT2D eigenvalue weighted by atomic mass is 10.1. The van der Waals surface area contributed by atoms with Gasteiger partial charge in [0.15, 0.2) is 11.6 Å². The molecule has 1 aliphatic heterocycles. The first kappa shape index (κ1) is 18.4. The number of hydrogen-bond donors (Lipinski definition) is 1. The molecule has 0 spiro atoms. The standard InChI is InChI=1S/C21H21ClF2N2O/c22-16-3-2-15-10-17(25-21(15)11-16)12-26-7-5-18(6-8-26)27-13-14-1-4-19(23)20(24)9-14/h1-4,9-11,18,25H,5-8,12-13H2. The molecule has 3 nitrogen and oxygen atoms in total. The van der Waals surface area contributed by atoms with Gasteiger partial charge < -0.3 is 9.72 Å². The molecule has 1 N–H and O–H groups in total. The third kappa shape index (κ3) is 4.49. The average Bonchev–Trinajstić information content (AvgIpc) is 3.05. The summed E-state index contributed by atoms with van der Waals surface area (Å²) in [5, 5.41) is 1.90. The summed E-state index contributed by atoms with van der Waals surface area (Å²) in [6.45, 7) is 3.06. The largest absolute Gasteiger partial charge is 0.373 e. The molecule has 1 aliphatic rings. The predicted molar refractivity (Wildman–Crippen MR) is 103 cm³/mol. The van der Waals surface area contributed by atoms with Crippen molar-refractivity contribution in [2.75, 3.05) is 13.1 Å². The number of piperidine rings is 1. The SMILES string of the molecule is Fc1ccc(COC2CCN(Cc3cc4ccc(Cl)cc4[nH]3)CC2)cc1F. The van der Waals surface area contributed by atoms with E-state index in [-0.39, 0.29) is 6.10 Å². The molecular formula is C21H21ClF2N2O. The Labute approximate surface area is 161 Å². The Bertz CT molecular complexity index is 935. The van der Waals surface area contributed by atoms with Crippen molar-refractivity contribution >= 4 is 22.5 Å². The molecule has 0 saturated carbocycles. The fourth-order valence-electron chi connectivity index (χ4n) is 3.56. The number of H-pyrrole nitrogens is 1. The van der Waals surface area contributed by atoms with Crippen LogP contribution in [0.3, 0.4) is 0 Å². The van der Waals surface area contributed by atoms with E-state index in [4.69, 9.17) is 16.3 Å². The quantitative estimate of drug-likeness (QED) is 0.642. The van der Waals surface area contributed by atoms with Crippen molar-refractivity contribution in [3.63, 3.8) is 0 Å². The van der Waals surface area contributed by atoms with Gasteiger partial charge in [0.25, 0.3) is 0 Å². The molecule has 2 heterocycles. The van der Waals surface area contributed by atoms with E-state index < -0.39 is 11.6 Å². The highest BCUT2D eigenvalue weighted by Crippen LogP contribution is 2.22. The van der Waals surface area contributed by atoms with Gasteiger partial charge in [-0.05, 0) is 54.1 Å². The Balaban J connectivity index is 1.27. The Morgan fingerprint density at radius 1 is 1.04 bits per heavy atom. The number of halogens is 3. The molecule has 3 aromatic rings. The maximum absolute atomic E-state index is 13.3. The van der Waals surface area contributed by atoms with E-state index in [1.54, 1.807) is 6.07 Å². The number of aromatic nitrogens is 1. The van der Waals surface area contributed by atoms with Gasteiger partial charge in [-0.1, -0.05) is 23.7 Å². The minimum absolute atomic E-state index is 0.149. The van der Waals surface area contributed by atoms with Gasteiger partial charge in [-0.3, -0.25) is 4.90 Å². The number of nitrogens with one attached hydrogen (secondary N) is 1. The molecule has 1 fully saturated rings. The first-order valence-corrected chi connectivity index (χ1v) is 9.49. The van der Waals surface area contributed by atoms with Gasteiger partial charge in [-0.15, -0.1) is 0 Å². The number of fused-ring (bicyclic) bond motifs is 1. The van der Waals surface area contributed by atoms with E-state index in [0.717, 1.165) is 49.1 Å². The zero-order valence-corrected chi connectivity index (χ0v) is 15.6. The predicted octanol–water partition coefficient (Wildman–Crippen LogP) is 5.28. The Hall–Kier alpha value is -1.95. The summed E-state index contributed by atoms with van der Waals surface area (Å²) in [4.78, 5) is 5.82. The molecule has 142 valence electrons. The summed E-state index contributed by atoms with van der Waals surface area (Å²) in [6.07, 6.45) is 2.00. The van der Waals surface area contributed by atoms with Gasteiger partial charge in [-0.25, -0.2) is 8.78 Å². The highest BCUT2D eigenvalue weighted by atomic mass is 35.5. The van der Waals surface area contributed by atoms with Crippen LogP contribution in [0, 0.1) is 11.6 Å². The van der Waals surface area contributed by atoms with Crippen molar-refractivity contribution in [2.45, 2.75) is 32.1 Å². The molecule has 0 atom stereocenters. The maximum Gasteiger partial charge on any atom is 0.159 e. The second-order valence-corrected chi connectivity index (χ2v) is 7.50. The molecule has 0 aliphatic carbocycles. The van der Waals surface area contributed by atoms with Crippen LogP contribution < -0.4 is 0 Å². The maximum atomic E-state index is 13.3. The second kappa shape index (κ2) is 7.97. The van der Waals surface area contributed by atoms with Gasteiger partial charge in [0, 0.05) is 35.9 Å². The van der Waals surface area contributed by atoms with Gasteiger partial charge in [0.1, 0.15) is 0 Å². The number of likely N-dealkylation sites (tertiary alicyclic amines) is 1. The highest BCUT2D eigenvalue weighted by Gasteiger charge is 2.20. The molecule has 0 unspecified atom stereocenters. The number of nitrogens with zero attached hydrogens (tertiary/aromatic N) is 1. The lowest BCUT2D eigenvalue weighted by Crippen LogP contribution is -2.36. The first-order valence-electron chi connectivity index (χ1n) is 9.12. The topological polar surface area (TPSA) is 28.3 Å². The summed E-state index contributed by atoms with van der Waals surface area (Å²) in [5.41, 5.74) is 2.89. The summed E-state index contributed by atoms with van der Waals surface area (Å²) in [7, 11) is 0. The van der Waals surface area contributed by atoms with Crippen molar-refractivity contribution in [1.29, 1.82) is 0 Å². The van der Waals surface area contributed by atoms with Gasteiger partial charge >= 0.3 is 0 Å². The molecule has 0 radical (unpaired) electrons. The average molecular weight is 391 g/mol. The summed E-state index contributed by atoms with van der Waals surface area (Å²) >= 11 is 6.04. The van der Waals surface area contributed by atoms with Gasteiger partial charge in [0.2, 0.25) is 0 Å². The van der Waals surface area contributed by atoms with E-state index in [1.807, 2.05) is 18.2 Å². The molecule has 1 aromatic heterocycles. The third-order valence-corrected chi connectivity index (χ3v) is 5.27. The van der Waals surface area contributed by atoms with Crippen LogP contribution in [0.25, 0.3) is 10.9 Å². The Morgan fingerprint density at radius 3 is 2.63 bits per heavy atom. The Kier molecular flexibility index (Phi) is 5.43. The Morgan fingerprint density at radius 2 is 1.85 bits per heavy atom. The van der Waals surface area contributed by atoms with Crippen molar-refractivity contribution in [1.82, 2.24) is 9.88 Å². The monoisotopic (exact) mass is 390 g/mol. The van der Waals surface area contributed by atoms with Crippen molar-refractivity contribution in [3.05, 3.63) is 70.4 Å². The van der Waals surface area contributed by atoms with E-state index in [9.17, 15) is 8.78 Å².